The van der Waals surface area contributed by atoms with Crippen molar-refractivity contribution >= 4 is 16.0 Å². The third-order valence-electron chi connectivity index (χ3n) is 8.28. The lowest BCUT2D eigenvalue weighted by Crippen LogP contribution is -2.50. The first-order valence-corrected chi connectivity index (χ1v) is 20.7. The third kappa shape index (κ3) is 32.5. The molecule has 0 bridgehead atoms. The molecule has 0 radical (unpaired) electrons. The summed E-state index contributed by atoms with van der Waals surface area (Å²) in [7, 11) is -4.46. The second kappa shape index (κ2) is 33.5. The standard InChI is InChI=1S/C40H71NO6S/c1-3-5-7-9-11-13-15-17-18-19-20-21-23-25-27-29-31-33-35-39(43)40(44)41-37(36-48(45,46)47)38(42)34-32-30-28-26-24-22-16-14-12-10-8-6-4-2/h11-15,17,24,26,32,34,37-39,42-43H,3-10,16,18-23,25,27-31,33,35-36H2,1-2H3,(H,41,44)(H,45,46,47)/b13-11-,14-12+,17-15-,26-24+,34-32+. The molecule has 278 valence electrons. The highest BCUT2D eigenvalue weighted by atomic mass is 32.2. The van der Waals surface area contributed by atoms with Gasteiger partial charge >= 0.3 is 0 Å². The first-order chi connectivity index (χ1) is 23.2. The molecule has 0 aromatic carbocycles. The van der Waals surface area contributed by atoms with Gasteiger partial charge in [0.1, 0.15) is 6.10 Å². The quantitative estimate of drug-likeness (QED) is 0.0235. The second-order valence-corrected chi connectivity index (χ2v) is 14.5. The number of nitrogens with one attached hydrogen (secondary N) is 1. The lowest BCUT2D eigenvalue weighted by Gasteiger charge is -2.22. The molecule has 3 atom stereocenters. The van der Waals surface area contributed by atoms with Crippen LogP contribution in [0.15, 0.2) is 60.8 Å². The summed E-state index contributed by atoms with van der Waals surface area (Å²) in [5, 5.41) is 23.3. The van der Waals surface area contributed by atoms with Crippen molar-refractivity contribution in [2.45, 2.75) is 180 Å². The molecule has 8 heteroatoms. The Morgan fingerprint density at radius 2 is 1.00 bits per heavy atom. The molecule has 0 saturated heterocycles. The normalized spacial score (nSPS) is 14.7. The minimum Gasteiger partial charge on any atom is -0.387 e. The van der Waals surface area contributed by atoms with E-state index in [4.69, 9.17) is 0 Å². The van der Waals surface area contributed by atoms with Crippen molar-refractivity contribution < 1.29 is 28.0 Å². The van der Waals surface area contributed by atoms with E-state index in [1.54, 1.807) is 6.08 Å². The summed E-state index contributed by atoms with van der Waals surface area (Å²) in [5.41, 5.74) is 0. The number of carbonyl (C=O) groups is 1. The number of unbranched alkanes of at least 4 members (excludes halogenated alkanes) is 17. The number of hydrogen-bond acceptors (Lipinski definition) is 5. The van der Waals surface area contributed by atoms with Crippen LogP contribution in [0.3, 0.4) is 0 Å². The number of amides is 1. The van der Waals surface area contributed by atoms with Crippen LogP contribution in [-0.4, -0.2) is 53.1 Å². The molecule has 3 unspecified atom stereocenters. The maximum Gasteiger partial charge on any atom is 0.267 e. The van der Waals surface area contributed by atoms with Crippen molar-refractivity contribution in [3.8, 4) is 0 Å². The van der Waals surface area contributed by atoms with Gasteiger partial charge in [-0.15, -0.1) is 0 Å². The molecule has 0 fully saturated rings. The Balaban J connectivity index is 4.14. The number of rotatable bonds is 33. The smallest absolute Gasteiger partial charge is 0.267 e. The summed E-state index contributed by atoms with van der Waals surface area (Å²) in [4.78, 5) is 12.6. The van der Waals surface area contributed by atoms with Crippen molar-refractivity contribution in [2.24, 2.45) is 0 Å². The predicted molar refractivity (Wildman–Crippen MR) is 204 cm³/mol. The second-order valence-electron chi connectivity index (χ2n) is 13.0. The summed E-state index contributed by atoms with van der Waals surface area (Å²) in [5.74, 6) is -1.58. The summed E-state index contributed by atoms with van der Waals surface area (Å²) in [6, 6.07) is -1.26. The largest absolute Gasteiger partial charge is 0.387 e. The molecular weight excluding hydrogens is 623 g/mol. The van der Waals surface area contributed by atoms with Crippen LogP contribution in [0.1, 0.15) is 162 Å². The molecule has 0 heterocycles. The summed E-state index contributed by atoms with van der Waals surface area (Å²) in [6.07, 6.45) is 42.7. The fourth-order valence-corrected chi connectivity index (χ4v) is 6.03. The Morgan fingerprint density at radius 3 is 1.50 bits per heavy atom. The van der Waals surface area contributed by atoms with Gasteiger partial charge in [-0.2, -0.15) is 8.42 Å². The van der Waals surface area contributed by atoms with Gasteiger partial charge in [-0.1, -0.05) is 152 Å². The van der Waals surface area contributed by atoms with Gasteiger partial charge in [-0.25, -0.2) is 0 Å². The molecule has 0 spiro atoms. The van der Waals surface area contributed by atoms with Crippen molar-refractivity contribution in [3.05, 3.63) is 60.8 Å². The first kappa shape index (κ1) is 46.0. The lowest BCUT2D eigenvalue weighted by atomic mass is 10.0. The van der Waals surface area contributed by atoms with Crippen molar-refractivity contribution in [1.82, 2.24) is 5.32 Å². The summed E-state index contributed by atoms with van der Waals surface area (Å²) in [6.45, 7) is 4.43. The van der Waals surface area contributed by atoms with Crippen LogP contribution in [-0.2, 0) is 14.9 Å². The highest BCUT2D eigenvalue weighted by Crippen LogP contribution is 2.13. The molecule has 0 aliphatic carbocycles. The average molecular weight is 694 g/mol. The maximum atomic E-state index is 12.6. The first-order valence-electron chi connectivity index (χ1n) is 19.1. The molecule has 0 aliphatic heterocycles. The van der Waals surface area contributed by atoms with E-state index >= 15 is 0 Å². The summed E-state index contributed by atoms with van der Waals surface area (Å²) >= 11 is 0. The monoisotopic (exact) mass is 694 g/mol. The predicted octanol–water partition coefficient (Wildman–Crippen LogP) is 9.87. The zero-order valence-electron chi connectivity index (χ0n) is 30.5. The van der Waals surface area contributed by atoms with Crippen molar-refractivity contribution in [1.29, 1.82) is 0 Å². The van der Waals surface area contributed by atoms with E-state index < -0.39 is 40.0 Å². The van der Waals surface area contributed by atoms with Gasteiger partial charge in [0.05, 0.1) is 17.9 Å². The number of hydrogen-bond donors (Lipinski definition) is 4. The van der Waals surface area contributed by atoms with E-state index in [9.17, 15) is 28.0 Å². The van der Waals surface area contributed by atoms with Gasteiger partial charge in [0.15, 0.2) is 0 Å². The Bertz CT molecular complexity index is 1000. The Morgan fingerprint density at radius 1 is 0.583 bits per heavy atom. The van der Waals surface area contributed by atoms with Crippen LogP contribution >= 0.6 is 0 Å². The van der Waals surface area contributed by atoms with Crippen LogP contribution in [0.25, 0.3) is 0 Å². The molecule has 7 nitrogen and oxygen atoms in total. The van der Waals surface area contributed by atoms with Gasteiger partial charge < -0.3 is 15.5 Å². The average Bonchev–Trinajstić information content (AvgIpc) is 3.05. The van der Waals surface area contributed by atoms with E-state index in [2.05, 4.69) is 67.8 Å². The van der Waals surface area contributed by atoms with Crippen LogP contribution in [0.5, 0.6) is 0 Å². The fraction of sp³-hybridized carbons (Fsp3) is 0.725. The molecule has 4 N–H and O–H groups in total. The minimum atomic E-state index is -4.46. The van der Waals surface area contributed by atoms with E-state index in [-0.39, 0.29) is 6.42 Å². The molecule has 1 amide bonds. The van der Waals surface area contributed by atoms with Gasteiger partial charge in [0.2, 0.25) is 5.91 Å². The van der Waals surface area contributed by atoms with Crippen LogP contribution in [0.2, 0.25) is 0 Å². The van der Waals surface area contributed by atoms with Crippen molar-refractivity contribution in [2.75, 3.05) is 5.75 Å². The Labute approximate surface area is 294 Å². The molecule has 0 rings (SSSR count). The van der Waals surface area contributed by atoms with Crippen LogP contribution < -0.4 is 5.32 Å². The fourth-order valence-electron chi connectivity index (χ4n) is 5.30. The number of aliphatic hydroxyl groups is 2. The van der Waals surface area contributed by atoms with Gasteiger partial charge in [0.25, 0.3) is 10.1 Å². The molecule has 0 aromatic heterocycles. The van der Waals surface area contributed by atoms with Gasteiger partial charge in [-0.05, 0) is 70.6 Å². The van der Waals surface area contributed by atoms with E-state index in [1.807, 2.05) is 0 Å². The molecule has 48 heavy (non-hydrogen) atoms. The zero-order chi connectivity index (χ0) is 35.6. The van der Waals surface area contributed by atoms with E-state index in [0.29, 0.717) is 12.8 Å². The molecule has 0 saturated carbocycles. The maximum absolute atomic E-state index is 12.6. The summed E-state index contributed by atoms with van der Waals surface area (Å²) < 4.78 is 32.4. The molecule has 0 aliphatic rings. The zero-order valence-corrected chi connectivity index (χ0v) is 31.3. The number of carbonyl (C=O) groups excluding carboxylic acids is 1. The highest BCUT2D eigenvalue weighted by Gasteiger charge is 2.27. The van der Waals surface area contributed by atoms with Gasteiger partial charge in [0, 0.05) is 0 Å². The minimum absolute atomic E-state index is 0.263. The Hall–Kier alpha value is -2.00. The SMILES string of the molecule is CCCCC/C=C\C=C/CCCCCCCCCCCC(O)C(=O)NC(CS(=O)(=O)O)C(O)/C=C/CC/C=C/CC/C=C/CCCCC. The van der Waals surface area contributed by atoms with E-state index in [1.165, 1.54) is 83.1 Å². The van der Waals surface area contributed by atoms with Crippen LogP contribution in [0.4, 0.5) is 0 Å². The topological polar surface area (TPSA) is 124 Å². The number of aliphatic hydroxyl groups excluding tert-OH is 2. The van der Waals surface area contributed by atoms with E-state index in [0.717, 1.165) is 51.4 Å². The lowest BCUT2D eigenvalue weighted by molar-refractivity contribution is -0.130. The van der Waals surface area contributed by atoms with Crippen molar-refractivity contribution in [3.63, 3.8) is 0 Å². The molecular formula is C40H71NO6S. The third-order valence-corrected chi connectivity index (χ3v) is 9.06. The highest BCUT2D eigenvalue weighted by molar-refractivity contribution is 7.85. The van der Waals surface area contributed by atoms with Gasteiger partial charge in [-0.3, -0.25) is 9.35 Å². The Kier molecular flexibility index (Phi) is 32.1. The van der Waals surface area contributed by atoms with Crippen LogP contribution in [0, 0.1) is 0 Å². The molecule has 0 aromatic rings. The number of allylic oxidation sites excluding steroid dienone is 9.